The zero-order chi connectivity index (χ0) is 45.3. The number of nitrogens with one attached hydrogen (secondary N) is 1. The van der Waals surface area contributed by atoms with E-state index in [0.29, 0.717) is 0 Å². The summed E-state index contributed by atoms with van der Waals surface area (Å²) >= 11 is 0. The number of amides is 1. The Balaban J connectivity index is 0.000000176. The first-order chi connectivity index (χ1) is 30.0. The molecule has 0 saturated carbocycles. The van der Waals surface area contributed by atoms with E-state index >= 15 is 0 Å². The highest BCUT2D eigenvalue weighted by Crippen LogP contribution is 2.34. The number of nitrogens with zero attached hydrogens (tertiary/aromatic N) is 6. The first-order valence-electron chi connectivity index (χ1n) is 18.6. The smallest absolute Gasteiger partial charge is 0.416 e. The number of nitrogens with two attached hydrogens (primary N) is 1. The van der Waals surface area contributed by atoms with Crippen LogP contribution in [0.25, 0.3) is 33.8 Å². The zero-order valence-electron chi connectivity index (χ0n) is 33.2. The molecule has 0 atom stereocenters. The Morgan fingerprint density at radius 3 is 1.59 bits per heavy atom. The van der Waals surface area contributed by atoms with Gasteiger partial charge in [0.2, 0.25) is 11.8 Å². The maximum Gasteiger partial charge on any atom is 0.416 e. The van der Waals surface area contributed by atoms with Crippen molar-refractivity contribution in [2.75, 3.05) is 24.3 Å². The Bertz CT molecular complexity index is 2840. The minimum absolute atomic E-state index is 0.0439. The first kappa shape index (κ1) is 44.6. The van der Waals surface area contributed by atoms with Crippen LogP contribution < -0.4 is 20.5 Å². The molecule has 0 aliphatic heterocycles. The quantitative estimate of drug-likeness (QED) is 0.0939. The Morgan fingerprint density at radius 2 is 1.13 bits per heavy atom. The molecular formula is C44H36F6N8O5. The Labute approximate surface area is 354 Å². The molecule has 0 spiro atoms. The molecule has 0 saturated heterocycles. The normalized spacial score (nSPS) is 11.2. The number of anilines is 2. The SMILES string of the molecule is Cc1ccc(N)cc1C(F)(F)F.Cc1ccc(NC(=O)COc2ccc(-c3cnc4ccccn34)cn2)cc1C(F)(F)F.O=C(O)COc1ccc(-c2cnc3ccccn23)cn1. The molecule has 0 aliphatic carbocycles. The lowest BCUT2D eigenvalue weighted by Gasteiger charge is -2.13. The average Bonchev–Trinajstić information content (AvgIpc) is 3.89. The number of hydrogen-bond donors (Lipinski definition) is 3. The van der Waals surface area contributed by atoms with Gasteiger partial charge in [-0.25, -0.2) is 24.7 Å². The number of ether oxygens (including phenoxy) is 2. The van der Waals surface area contributed by atoms with Gasteiger partial charge in [-0.1, -0.05) is 24.3 Å². The van der Waals surface area contributed by atoms with Crippen molar-refractivity contribution in [2.24, 2.45) is 0 Å². The predicted octanol–water partition coefficient (Wildman–Crippen LogP) is 9.20. The number of aromatic nitrogens is 6. The third-order valence-corrected chi connectivity index (χ3v) is 8.99. The van der Waals surface area contributed by atoms with Crippen molar-refractivity contribution in [2.45, 2.75) is 26.2 Å². The van der Waals surface area contributed by atoms with Gasteiger partial charge in [0.25, 0.3) is 5.91 Å². The van der Waals surface area contributed by atoms with Gasteiger partial charge in [-0.05, 0) is 85.6 Å². The molecule has 1 amide bonds. The van der Waals surface area contributed by atoms with Crippen molar-refractivity contribution in [3.8, 4) is 34.3 Å². The van der Waals surface area contributed by atoms with Crippen LogP contribution in [0.2, 0.25) is 0 Å². The van der Waals surface area contributed by atoms with Gasteiger partial charge in [0, 0.05) is 59.4 Å². The number of benzene rings is 2. The second-order valence-corrected chi connectivity index (χ2v) is 13.5. The molecule has 324 valence electrons. The van der Waals surface area contributed by atoms with Crippen LogP contribution in [-0.2, 0) is 21.9 Å². The fraction of sp³-hybridized carbons (Fsp3) is 0.136. The lowest BCUT2D eigenvalue weighted by Crippen LogP contribution is -2.21. The number of halogens is 6. The standard InChI is InChI=1S/C22H17F3N4O2.C14H11N3O3.C8H8F3N/c1-14-5-7-16(10-17(14)22(23,24)25)28-20(30)13-31-21-8-6-15(11-27-21)18-12-26-19-4-2-3-9-29(18)19;18-14(19)9-20-13-5-4-10(7-16-13)11-8-15-12-3-1-2-6-17(11)12;1-5-2-3-6(12)4-7(5)8(9,10)11/h2-12H,13H2,1H3,(H,28,30);1-8H,9H2,(H,18,19);2-4H,12H2,1H3. The molecule has 0 unspecified atom stereocenters. The number of alkyl halides is 6. The van der Waals surface area contributed by atoms with E-state index in [2.05, 4.69) is 25.3 Å². The maximum atomic E-state index is 13.0. The monoisotopic (exact) mass is 870 g/mol. The van der Waals surface area contributed by atoms with Crippen LogP contribution in [-0.4, -0.2) is 58.9 Å². The van der Waals surface area contributed by atoms with Crippen LogP contribution in [0.1, 0.15) is 22.3 Å². The highest BCUT2D eigenvalue weighted by molar-refractivity contribution is 5.92. The van der Waals surface area contributed by atoms with Crippen LogP contribution >= 0.6 is 0 Å². The van der Waals surface area contributed by atoms with E-state index < -0.39 is 48.6 Å². The number of aliphatic carboxylic acids is 1. The lowest BCUT2D eigenvalue weighted by atomic mass is 10.1. The van der Waals surface area contributed by atoms with Gasteiger partial charge in [-0.3, -0.25) is 13.6 Å². The van der Waals surface area contributed by atoms with Gasteiger partial charge >= 0.3 is 18.3 Å². The third-order valence-electron chi connectivity index (χ3n) is 8.99. The molecule has 8 aromatic rings. The van der Waals surface area contributed by atoms with E-state index in [1.165, 1.54) is 38.1 Å². The molecule has 19 heteroatoms. The Kier molecular flexibility index (Phi) is 13.6. The number of fused-ring (bicyclic) bond motifs is 2. The first-order valence-corrected chi connectivity index (χ1v) is 18.6. The molecular weight excluding hydrogens is 835 g/mol. The maximum absolute atomic E-state index is 13.0. The van der Waals surface area contributed by atoms with E-state index in [9.17, 15) is 35.9 Å². The van der Waals surface area contributed by atoms with Gasteiger partial charge in [0.15, 0.2) is 13.2 Å². The highest BCUT2D eigenvalue weighted by atomic mass is 19.4. The van der Waals surface area contributed by atoms with Crippen molar-refractivity contribution in [3.05, 3.63) is 156 Å². The molecule has 0 radical (unpaired) electrons. The van der Waals surface area contributed by atoms with Gasteiger partial charge < -0.3 is 25.6 Å². The number of nitrogen functional groups attached to an aromatic ring is 1. The number of pyridine rings is 4. The van der Waals surface area contributed by atoms with E-state index in [4.69, 9.17) is 20.3 Å². The third kappa shape index (κ3) is 11.7. The average molecular weight is 871 g/mol. The number of carbonyl (C=O) groups excluding carboxylic acids is 1. The number of carboxylic acid groups (broad SMARTS) is 1. The summed E-state index contributed by atoms with van der Waals surface area (Å²) in [6.45, 7) is 1.97. The van der Waals surface area contributed by atoms with Crippen molar-refractivity contribution in [3.63, 3.8) is 0 Å². The number of carboxylic acids is 1. The molecule has 6 aromatic heterocycles. The number of imidazole rings is 2. The van der Waals surface area contributed by atoms with Gasteiger partial charge in [0.1, 0.15) is 11.3 Å². The van der Waals surface area contributed by atoms with Crippen LogP contribution in [0.4, 0.5) is 37.7 Å². The molecule has 0 fully saturated rings. The summed E-state index contributed by atoms with van der Waals surface area (Å²) in [5.74, 6) is -1.13. The molecule has 0 aliphatic rings. The summed E-state index contributed by atoms with van der Waals surface area (Å²) in [7, 11) is 0. The number of carbonyl (C=O) groups is 2. The number of rotatable bonds is 9. The summed E-state index contributed by atoms with van der Waals surface area (Å²) in [5, 5.41) is 10.9. The largest absolute Gasteiger partial charge is 0.479 e. The molecule has 13 nitrogen and oxygen atoms in total. The van der Waals surface area contributed by atoms with E-state index in [1.807, 2.05) is 63.7 Å². The molecule has 8 rings (SSSR count). The molecule has 6 heterocycles. The predicted molar refractivity (Wildman–Crippen MR) is 221 cm³/mol. The Morgan fingerprint density at radius 1 is 0.635 bits per heavy atom. The topological polar surface area (TPSA) is 171 Å². The van der Waals surface area contributed by atoms with Gasteiger partial charge in [0.05, 0.1) is 34.9 Å². The fourth-order valence-corrected chi connectivity index (χ4v) is 5.95. The summed E-state index contributed by atoms with van der Waals surface area (Å²) in [6, 6.07) is 25.7. The van der Waals surface area contributed by atoms with E-state index in [1.54, 1.807) is 43.0 Å². The lowest BCUT2D eigenvalue weighted by molar-refractivity contribution is -0.139. The molecule has 0 bridgehead atoms. The summed E-state index contributed by atoms with van der Waals surface area (Å²) in [4.78, 5) is 39.4. The summed E-state index contributed by atoms with van der Waals surface area (Å²) in [5.41, 5.74) is 9.34. The highest BCUT2D eigenvalue weighted by Gasteiger charge is 2.33. The van der Waals surface area contributed by atoms with Crippen LogP contribution in [0.15, 0.2) is 134 Å². The minimum Gasteiger partial charge on any atom is -0.479 e. The second-order valence-electron chi connectivity index (χ2n) is 13.5. The van der Waals surface area contributed by atoms with Crippen LogP contribution in [0.5, 0.6) is 11.8 Å². The van der Waals surface area contributed by atoms with Gasteiger partial charge in [-0.15, -0.1) is 0 Å². The number of hydrogen-bond acceptors (Lipinski definition) is 9. The van der Waals surface area contributed by atoms with Crippen molar-refractivity contribution < 1.29 is 50.5 Å². The van der Waals surface area contributed by atoms with Crippen molar-refractivity contribution >= 4 is 34.5 Å². The Hall–Kier alpha value is -7.96. The van der Waals surface area contributed by atoms with E-state index in [-0.39, 0.29) is 34.3 Å². The summed E-state index contributed by atoms with van der Waals surface area (Å²) in [6.07, 6.45) is 1.75. The number of aryl methyl sites for hydroxylation is 2. The fourth-order valence-electron chi connectivity index (χ4n) is 5.95. The van der Waals surface area contributed by atoms with Gasteiger partial charge in [-0.2, -0.15) is 26.3 Å². The summed E-state index contributed by atoms with van der Waals surface area (Å²) < 4.78 is 89.8. The van der Waals surface area contributed by atoms with Crippen LogP contribution in [0, 0.1) is 13.8 Å². The van der Waals surface area contributed by atoms with Crippen molar-refractivity contribution in [1.82, 2.24) is 28.7 Å². The second kappa shape index (κ2) is 19.2. The minimum atomic E-state index is -4.49. The molecule has 4 N–H and O–H groups in total. The van der Waals surface area contributed by atoms with E-state index in [0.717, 1.165) is 45.9 Å². The zero-order valence-corrected chi connectivity index (χ0v) is 33.2. The molecule has 63 heavy (non-hydrogen) atoms. The molecule has 2 aromatic carbocycles. The van der Waals surface area contributed by atoms with Crippen molar-refractivity contribution in [1.29, 1.82) is 0 Å². The van der Waals surface area contributed by atoms with Crippen LogP contribution in [0.3, 0.4) is 0 Å².